The highest BCUT2D eigenvalue weighted by molar-refractivity contribution is 5.91. The van der Waals surface area contributed by atoms with Crippen LogP contribution >= 0.6 is 0 Å². The van der Waals surface area contributed by atoms with Gasteiger partial charge in [-0.05, 0) is 53.6 Å². The summed E-state index contributed by atoms with van der Waals surface area (Å²) in [5.74, 6) is -6.15. The largest absolute Gasteiger partial charge is 0.327 e. The zero-order valence-corrected chi connectivity index (χ0v) is 21.2. The van der Waals surface area contributed by atoms with Gasteiger partial charge in [-0.3, -0.25) is 4.79 Å². The lowest BCUT2D eigenvalue weighted by Gasteiger charge is -2.22. The standard InChI is InChI=1S/C29H22F5N5O/c1-29(33,34)23-10-21(11-25(31)12-23)6-9-28(40)38(16-22-7-8-24(30)13-26(22)32)17-27-37-36-18-39(27)15-20-4-2-19(14-35)3-5-20/h2-13,18H,15-17H2,1H3/b9-6+. The molecule has 0 saturated carbocycles. The van der Waals surface area contributed by atoms with Crippen LogP contribution in [0.5, 0.6) is 0 Å². The van der Waals surface area contributed by atoms with Crippen molar-refractivity contribution in [1.29, 1.82) is 5.26 Å². The van der Waals surface area contributed by atoms with Crippen LogP contribution in [0.2, 0.25) is 0 Å². The predicted octanol–water partition coefficient (Wildman–Crippen LogP) is 5.97. The molecule has 0 aliphatic heterocycles. The Bertz CT molecular complexity index is 1590. The molecule has 0 fully saturated rings. The van der Waals surface area contributed by atoms with Crippen molar-refractivity contribution < 1.29 is 26.7 Å². The van der Waals surface area contributed by atoms with Gasteiger partial charge in [0.15, 0.2) is 5.82 Å². The van der Waals surface area contributed by atoms with E-state index in [1.807, 2.05) is 6.07 Å². The second-order valence-corrected chi connectivity index (χ2v) is 9.11. The Kier molecular flexibility index (Phi) is 8.38. The maximum atomic E-state index is 14.5. The van der Waals surface area contributed by atoms with Crippen molar-refractivity contribution in [2.45, 2.75) is 32.5 Å². The number of carbonyl (C=O) groups is 1. The summed E-state index contributed by atoms with van der Waals surface area (Å²) in [6.07, 6.45) is 3.68. The molecule has 3 aromatic carbocycles. The summed E-state index contributed by atoms with van der Waals surface area (Å²) in [5, 5.41) is 17.0. The molecule has 1 aromatic heterocycles. The first kappa shape index (κ1) is 28.2. The first-order valence-electron chi connectivity index (χ1n) is 12.0. The van der Waals surface area contributed by atoms with Gasteiger partial charge in [-0.1, -0.05) is 18.2 Å². The molecule has 0 aliphatic rings. The molecule has 204 valence electrons. The molecule has 0 bridgehead atoms. The third-order valence-corrected chi connectivity index (χ3v) is 6.00. The zero-order chi connectivity index (χ0) is 28.9. The molecule has 0 saturated heterocycles. The Morgan fingerprint density at radius 1 is 1.02 bits per heavy atom. The fourth-order valence-electron chi connectivity index (χ4n) is 3.89. The van der Waals surface area contributed by atoms with Crippen molar-refractivity contribution in [3.8, 4) is 6.07 Å². The van der Waals surface area contributed by atoms with Gasteiger partial charge in [0.1, 0.15) is 23.8 Å². The molecule has 1 heterocycles. The second kappa shape index (κ2) is 11.9. The van der Waals surface area contributed by atoms with Crippen LogP contribution in [0.25, 0.3) is 6.08 Å². The van der Waals surface area contributed by atoms with Crippen LogP contribution in [0, 0.1) is 28.8 Å². The number of hydrogen-bond donors (Lipinski definition) is 0. The van der Waals surface area contributed by atoms with Gasteiger partial charge in [-0.25, -0.2) is 22.0 Å². The number of hydrogen-bond acceptors (Lipinski definition) is 4. The van der Waals surface area contributed by atoms with Crippen molar-refractivity contribution in [3.63, 3.8) is 0 Å². The van der Waals surface area contributed by atoms with Crippen molar-refractivity contribution >= 4 is 12.0 Å². The van der Waals surface area contributed by atoms with Crippen LogP contribution in [-0.4, -0.2) is 25.6 Å². The van der Waals surface area contributed by atoms with E-state index in [-0.39, 0.29) is 24.2 Å². The summed E-state index contributed by atoms with van der Waals surface area (Å²) in [7, 11) is 0. The Labute approximate surface area is 226 Å². The SMILES string of the molecule is CC(F)(F)c1cc(F)cc(/C=C/C(=O)N(Cc2ccc(F)cc2F)Cc2nncn2Cc2ccc(C#N)cc2)c1. The number of rotatable bonds is 9. The molecular weight excluding hydrogens is 529 g/mol. The van der Waals surface area contributed by atoms with Crippen molar-refractivity contribution in [1.82, 2.24) is 19.7 Å². The summed E-state index contributed by atoms with van der Waals surface area (Å²) >= 11 is 0. The molecule has 0 aliphatic carbocycles. The Hall–Kier alpha value is -4.85. The van der Waals surface area contributed by atoms with Crippen LogP contribution in [-0.2, 0) is 30.4 Å². The highest BCUT2D eigenvalue weighted by Crippen LogP contribution is 2.28. The van der Waals surface area contributed by atoms with E-state index in [9.17, 15) is 26.7 Å². The molecule has 1 amide bonds. The second-order valence-electron chi connectivity index (χ2n) is 9.11. The fourth-order valence-corrected chi connectivity index (χ4v) is 3.89. The van der Waals surface area contributed by atoms with E-state index >= 15 is 0 Å². The topological polar surface area (TPSA) is 74.8 Å². The van der Waals surface area contributed by atoms with Gasteiger partial charge in [0, 0.05) is 36.7 Å². The van der Waals surface area contributed by atoms with Gasteiger partial charge in [0.25, 0.3) is 5.92 Å². The van der Waals surface area contributed by atoms with E-state index in [0.29, 0.717) is 37.0 Å². The molecule has 4 rings (SSSR count). The third kappa shape index (κ3) is 7.17. The quantitative estimate of drug-likeness (QED) is 0.190. The summed E-state index contributed by atoms with van der Waals surface area (Å²) < 4.78 is 71.0. The average Bonchev–Trinajstić information content (AvgIpc) is 3.34. The number of halogens is 5. The number of alkyl halides is 2. The van der Waals surface area contributed by atoms with Crippen molar-refractivity contribution in [3.05, 3.63) is 124 Å². The van der Waals surface area contributed by atoms with E-state index in [0.717, 1.165) is 29.8 Å². The summed E-state index contributed by atoms with van der Waals surface area (Å²) in [5.41, 5.74) is 0.824. The van der Waals surface area contributed by atoms with Crippen molar-refractivity contribution in [2.24, 2.45) is 0 Å². The first-order valence-corrected chi connectivity index (χ1v) is 12.0. The minimum atomic E-state index is -3.29. The molecule has 0 atom stereocenters. The molecule has 0 unspecified atom stereocenters. The maximum absolute atomic E-state index is 14.5. The van der Waals surface area contributed by atoms with Gasteiger partial charge in [0.05, 0.1) is 24.7 Å². The smallest absolute Gasteiger partial charge is 0.270 e. The number of nitriles is 1. The Balaban J connectivity index is 1.61. The Morgan fingerprint density at radius 2 is 1.77 bits per heavy atom. The molecule has 11 heteroatoms. The van der Waals surface area contributed by atoms with Crippen LogP contribution < -0.4 is 0 Å². The number of amides is 1. The van der Waals surface area contributed by atoms with E-state index < -0.39 is 34.8 Å². The predicted molar refractivity (Wildman–Crippen MR) is 136 cm³/mol. The lowest BCUT2D eigenvalue weighted by molar-refractivity contribution is -0.127. The lowest BCUT2D eigenvalue weighted by atomic mass is 10.1. The van der Waals surface area contributed by atoms with Crippen LogP contribution in [0.1, 0.15) is 40.6 Å². The summed E-state index contributed by atoms with van der Waals surface area (Å²) in [4.78, 5) is 14.5. The zero-order valence-electron chi connectivity index (χ0n) is 21.2. The number of nitrogens with zero attached hydrogens (tertiary/aromatic N) is 5. The number of aromatic nitrogens is 3. The number of carbonyl (C=O) groups excluding carboxylic acids is 1. The van der Waals surface area contributed by atoms with E-state index in [1.165, 1.54) is 23.4 Å². The van der Waals surface area contributed by atoms with Crippen molar-refractivity contribution in [2.75, 3.05) is 0 Å². The molecule has 6 nitrogen and oxygen atoms in total. The normalized spacial score (nSPS) is 11.5. The van der Waals surface area contributed by atoms with E-state index in [1.54, 1.807) is 28.8 Å². The van der Waals surface area contributed by atoms with E-state index in [2.05, 4.69) is 10.2 Å². The van der Waals surface area contributed by atoms with Crippen LogP contribution in [0.4, 0.5) is 22.0 Å². The number of benzene rings is 3. The first-order chi connectivity index (χ1) is 19.0. The van der Waals surface area contributed by atoms with Crippen LogP contribution in [0.15, 0.2) is 73.1 Å². The summed E-state index contributed by atoms with van der Waals surface area (Å²) in [6.45, 7) is 0.527. The monoisotopic (exact) mass is 551 g/mol. The summed E-state index contributed by atoms with van der Waals surface area (Å²) in [6, 6.07) is 14.6. The highest BCUT2D eigenvalue weighted by atomic mass is 19.3. The average molecular weight is 552 g/mol. The molecular formula is C29H22F5N5O. The highest BCUT2D eigenvalue weighted by Gasteiger charge is 2.25. The van der Waals surface area contributed by atoms with Gasteiger partial charge < -0.3 is 9.47 Å². The minimum absolute atomic E-state index is 0.0278. The van der Waals surface area contributed by atoms with E-state index in [4.69, 9.17) is 5.26 Å². The third-order valence-electron chi connectivity index (χ3n) is 6.00. The lowest BCUT2D eigenvalue weighted by Crippen LogP contribution is -2.30. The van der Waals surface area contributed by atoms with Gasteiger partial charge in [-0.2, -0.15) is 5.26 Å². The van der Waals surface area contributed by atoms with Crippen LogP contribution in [0.3, 0.4) is 0 Å². The van der Waals surface area contributed by atoms with Gasteiger partial charge >= 0.3 is 0 Å². The molecule has 0 N–H and O–H groups in total. The molecule has 4 aromatic rings. The molecule has 0 radical (unpaired) electrons. The Morgan fingerprint density at radius 3 is 2.45 bits per heavy atom. The van der Waals surface area contributed by atoms with Gasteiger partial charge in [0.2, 0.25) is 5.91 Å². The van der Waals surface area contributed by atoms with Gasteiger partial charge in [-0.15, -0.1) is 10.2 Å². The minimum Gasteiger partial charge on any atom is -0.327 e. The fraction of sp³-hybridized carbons (Fsp3) is 0.172. The maximum Gasteiger partial charge on any atom is 0.270 e. The molecule has 40 heavy (non-hydrogen) atoms. The molecule has 0 spiro atoms.